The van der Waals surface area contributed by atoms with Gasteiger partial charge in [0.2, 0.25) is 5.56 Å². The monoisotopic (exact) mass is 438 g/mol. The lowest BCUT2D eigenvalue weighted by Crippen LogP contribution is -2.09. The summed E-state index contributed by atoms with van der Waals surface area (Å²) in [6.07, 6.45) is 3.63. The molecule has 3 heterocycles. The Hall–Kier alpha value is -3.26. The predicted molar refractivity (Wildman–Crippen MR) is 118 cm³/mol. The molecule has 4 rings (SSSR count). The molecule has 0 radical (unpaired) electrons. The highest BCUT2D eigenvalue weighted by molar-refractivity contribution is 6.30. The number of hydrogen-bond donors (Lipinski definition) is 1. The highest BCUT2D eigenvalue weighted by atomic mass is 35.5. The van der Waals surface area contributed by atoms with E-state index in [2.05, 4.69) is 29.9 Å². The van der Waals surface area contributed by atoms with Crippen LogP contribution >= 0.6 is 11.6 Å². The molecule has 9 heteroatoms. The highest BCUT2D eigenvalue weighted by Gasteiger charge is 2.13. The van der Waals surface area contributed by atoms with Gasteiger partial charge in [-0.1, -0.05) is 29.2 Å². The predicted octanol–water partition coefficient (Wildman–Crippen LogP) is 4.37. The summed E-state index contributed by atoms with van der Waals surface area (Å²) < 4.78 is 7.41. The maximum absolute atomic E-state index is 11.8. The molecule has 0 aliphatic heterocycles. The molecule has 0 aliphatic carbocycles. The van der Waals surface area contributed by atoms with E-state index in [1.165, 1.54) is 0 Å². The summed E-state index contributed by atoms with van der Waals surface area (Å²) in [7, 11) is 0. The van der Waals surface area contributed by atoms with Gasteiger partial charge in [0, 0.05) is 40.9 Å². The Balaban J connectivity index is 1.32. The Morgan fingerprint density at radius 2 is 1.94 bits per heavy atom. The van der Waals surface area contributed by atoms with Crippen molar-refractivity contribution in [2.45, 2.75) is 46.1 Å². The second-order valence-corrected chi connectivity index (χ2v) is 7.91. The molecule has 0 unspecified atom stereocenters. The van der Waals surface area contributed by atoms with E-state index < -0.39 is 0 Å². The summed E-state index contributed by atoms with van der Waals surface area (Å²) in [5.41, 5.74) is 2.26. The molecule has 3 aromatic heterocycles. The smallest absolute Gasteiger partial charge is 0.257 e. The first-order valence-electron chi connectivity index (χ1n) is 10.2. The van der Waals surface area contributed by atoms with Crippen molar-refractivity contribution >= 4 is 11.6 Å². The van der Waals surface area contributed by atoms with Crippen LogP contribution in [0.5, 0.6) is 0 Å². The third kappa shape index (κ3) is 5.08. The van der Waals surface area contributed by atoms with Crippen LogP contribution in [-0.2, 0) is 13.0 Å². The Morgan fingerprint density at radius 1 is 1.06 bits per heavy atom. The number of pyridine rings is 1. The maximum Gasteiger partial charge on any atom is 0.257 e. The van der Waals surface area contributed by atoms with Crippen molar-refractivity contribution < 1.29 is 4.52 Å². The number of hydrogen-bond acceptors (Lipinski definition) is 6. The molecule has 31 heavy (non-hydrogen) atoms. The molecule has 4 aromatic rings. The van der Waals surface area contributed by atoms with Crippen LogP contribution in [0.2, 0.25) is 5.02 Å². The second kappa shape index (κ2) is 9.26. The Bertz CT molecular complexity index is 1240. The number of unbranched alkanes of at least 4 members (excludes halogenated alkanes) is 2. The minimum absolute atomic E-state index is 0.139. The summed E-state index contributed by atoms with van der Waals surface area (Å²) in [5.74, 6) is 2.72. The minimum Gasteiger partial charge on any atom is -0.334 e. The van der Waals surface area contributed by atoms with Gasteiger partial charge in [0.05, 0.1) is 0 Å². The third-order valence-electron chi connectivity index (χ3n) is 4.99. The fraction of sp³-hybridized carbons (Fsp3) is 0.318. The first kappa shape index (κ1) is 21.0. The topological polar surface area (TPSA) is 102 Å². The quantitative estimate of drug-likeness (QED) is 0.410. The van der Waals surface area contributed by atoms with Crippen LogP contribution in [0.25, 0.3) is 22.8 Å². The van der Waals surface area contributed by atoms with Crippen LogP contribution in [-0.4, -0.2) is 29.9 Å². The lowest BCUT2D eigenvalue weighted by atomic mass is 10.1. The molecule has 0 bridgehead atoms. The van der Waals surface area contributed by atoms with E-state index in [0.29, 0.717) is 16.7 Å². The number of nitrogens with one attached hydrogen (secondary N) is 1. The lowest BCUT2D eigenvalue weighted by Gasteiger charge is -2.09. The van der Waals surface area contributed by atoms with Gasteiger partial charge in [-0.05, 0) is 51.0 Å². The van der Waals surface area contributed by atoms with E-state index >= 15 is 0 Å². The van der Waals surface area contributed by atoms with E-state index in [4.69, 9.17) is 16.1 Å². The molecular formula is C22H23ClN6O2. The van der Waals surface area contributed by atoms with E-state index in [1.54, 1.807) is 12.1 Å². The van der Waals surface area contributed by atoms with Gasteiger partial charge < -0.3 is 14.1 Å². The Morgan fingerprint density at radius 3 is 2.74 bits per heavy atom. The van der Waals surface area contributed by atoms with Gasteiger partial charge in [0.1, 0.15) is 5.82 Å². The van der Waals surface area contributed by atoms with Crippen LogP contribution in [0.1, 0.15) is 36.6 Å². The SMILES string of the molecule is Cc1cc(-c2nnc(C)n2CCCCCc2noc(-c3cccc(Cl)c3)n2)cc(=O)[nH]1. The molecular weight excluding hydrogens is 416 g/mol. The zero-order valence-corrected chi connectivity index (χ0v) is 18.2. The zero-order valence-electron chi connectivity index (χ0n) is 17.4. The molecule has 0 saturated carbocycles. The average molecular weight is 439 g/mol. The number of aryl methyl sites for hydroxylation is 3. The molecule has 0 spiro atoms. The molecule has 0 saturated heterocycles. The molecule has 0 atom stereocenters. The third-order valence-corrected chi connectivity index (χ3v) is 5.23. The maximum atomic E-state index is 11.8. The average Bonchev–Trinajstić information content (AvgIpc) is 3.34. The largest absolute Gasteiger partial charge is 0.334 e. The van der Waals surface area contributed by atoms with Crippen molar-refractivity contribution in [2.24, 2.45) is 0 Å². The molecule has 0 aliphatic rings. The van der Waals surface area contributed by atoms with Crippen molar-refractivity contribution in [3.8, 4) is 22.8 Å². The van der Waals surface area contributed by atoms with Crippen molar-refractivity contribution in [2.75, 3.05) is 0 Å². The van der Waals surface area contributed by atoms with E-state index in [-0.39, 0.29) is 5.56 Å². The van der Waals surface area contributed by atoms with Crippen molar-refractivity contribution in [1.29, 1.82) is 0 Å². The van der Waals surface area contributed by atoms with E-state index in [0.717, 1.165) is 60.7 Å². The van der Waals surface area contributed by atoms with E-state index in [9.17, 15) is 4.79 Å². The van der Waals surface area contributed by atoms with Crippen LogP contribution in [0, 0.1) is 13.8 Å². The molecule has 1 aromatic carbocycles. The van der Waals surface area contributed by atoms with Gasteiger partial charge in [-0.25, -0.2) is 0 Å². The minimum atomic E-state index is -0.139. The Labute approximate surface area is 184 Å². The number of aromatic amines is 1. The van der Waals surface area contributed by atoms with Crippen LogP contribution in [0.4, 0.5) is 0 Å². The molecule has 160 valence electrons. The fourth-order valence-electron chi connectivity index (χ4n) is 3.50. The summed E-state index contributed by atoms with van der Waals surface area (Å²) >= 11 is 6.02. The van der Waals surface area contributed by atoms with Gasteiger partial charge in [-0.2, -0.15) is 4.98 Å². The summed E-state index contributed by atoms with van der Waals surface area (Å²) in [6.45, 7) is 4.56. The number of aromatic nitrogens is 6. The molecule has 0 amide bonds. The number of nitrogens with zero attached hydrogens (tertiary/aromatic N) is 5. The number of rotatable bonds is 8. The second-order valence-electron chi connectivity index (χ2n) is 7.48. The summed E-state index contributed by atoms with van der Waals surface area (Å²) in [6, 6.07) is 10.8. The first-order chi connectivity index (χ1) is 15.0. The van der Waals surface area contributed by atoms with Gasteiger partial charge in [-0.3, -0.25) is 4.79 Å². The normalized spacial score (nSPS) is 11.2. The van der Waals surface area contributed by atoms with E-state index in [1.807, 2.05) is 38.1 Å². The van der Waals surface area contributed by atoms with Gasteiger partial charge in [0.15, 0.2) is 11.6 Å². The molecule has 8 nitrogen and oxygen atoms in total. The van der Waals surface area contributed by atoms with Gasteiger partial charge in [0.25, 0.3) is 5.89 Å². The highest BCUT2D eigenvalue weighted by Crippen LogP contribution is 2.22. The number of H-pyrrole nitrogens is 1. The summed E-state index contributed by atoms with van der Waals surface area (Å²) in [5, 5.41) is 13.2. The molecule has 1 N–H and O–H groups in total. The van der Waals surface area contributed by atoms with Gasteiger partial charge >= 0.3 is 0 Å². The van der Waals surface area contributed by atoms with Crippen LogP contribution < -0.4 is 5.56 Å². The fourth-order valence-corrected chi connectivity index (χ4v) is 3.69. The zero-order chi connectivity index (χ0) is 21.8. The molecule has 0 fully saturated rings. The lowest BCUT2D eigenvalue weighted by molar-refractivity contribution is 0.420. The standard InChI is InChI=1S/C22H23ClN6O2/c1-14-11-17(13-20(30)24-14)21-27-26-15(2)29(21)10-5-3-4-9-19-25-22(31-28-19)16-7-6-8-18(23)12-16/h6-8,11-13H,3-5,9-10H2,1-2H3,(H,24,30). The van der Waals surface area contributed by atoms with Crippen LogP contribution in [0.3, 0.4) is 0 Å². The Kier molecular flexibility index (Phi) is 6.27. The number of benzene rings is 1. The van der Waals surface area contributed by atoms with Gasteiger partial charge in [-0.15, -0.1) is 10.2 Å². The van der Waals surface area contributed by atoms with Crippen molar-refractivity contribution in [3.05, 3.63) is 69.1 Å². The van der Waals surface area contributed by atoms with Crippen molar-refractivity contribution in [3.63, 3.8) is 0 Å². The van der Waals surface area contributed by atoms with Crippen molar-refractivity contribution in [1.82, 2.24) is 29.9 Å². The van der Waals surface area contributed by atoms with Crippen LogP contribution in [0.15, 0.2) is 45.7 Å². The first-order valence-corrected chi connectivity index (χ1v) is 10.6. The number of halogens is 1. The summed E-state index contributed by atoms with van der Waals surface area (Å²) in [4.78, 5) is 19.0.